The molecule has 1 N–H and O–H groups in total. The predicted molar refractivity (Wildman–Crippen MR) is 82.4 cm³/mol. The zero-order chi connectivity index (χ0) is 13.8. The van der Waals surface area contributed by atoms with E-state index >= 15 is 0 Å². The van der Waals surface area contributed by atoms with Crippen LogP contribution < -0.4 is 10.1 Å². The molecule has 20 heavy (non-hydrogen) atoms. The third-order valence-electron chi connectivity index (χ3n) is 4.73. The molecule has 3 heteroatoms. The third-order valence-corrected chi connectivity index (χ3v) is 4.73. The molecule has 0 bridgehead atoms. The van der Waals surface area contributed by atoms with Crippen LogP contribution in [0.5, 0.6) is 5.75 Å². The average Bonchev–Trinajstić information content (AvgIpc) is 2.50. The van der Waals surface area contributed by atoms with Crippen LogP contribution in [0.1, 0.15) is 37.2 Å². The summed E-state index contributed by atoms with van der Waals surface area (Å²) in [5.74, 6) is 1.74. The Balaban J connectivity index is 1.71. The second-order valence-corrected chi connectivity index (χ2v) is 6.07. The zero-order valence-corrected chi connectivity index (χ0v) is 12.5. The molecule has 110 valence electrons. The van der Waals surface area contributed by atoms with Crippen LogP contribution in [-0.2, 0) is 0 Å². The van der Waals surface area contributed by atoms with Crippen LogP contribution in [0.2, 0.25) is 0 Å². The van der Waals surface area contributed by atoms with Crippen LogP contribution in [-0.4, -0.2) is 44.2 Å². The van der Waals surface area contributed by atoms with Gasteiger partial charge in [0.2, 0.25) is 0 Å². The summed E-state index contributed by atoms with van der Waals surface area (Å²) in [7, 11) is 2.07. The van der Waals surface area contributed by atoms with Crippen LogP contribution in [0.3, 0.4) is 0 Å². The molecular formula is C17H26N2O. The first-order valence-electron chi connectivity index (χ1n) is 7.99. The van der Waals surface area contributed by atoms with Gasteiger partial charge < -0.3 is 10.1 Å². The number of benzene rings is 1. The Bertz CT molecular complexity index is 433. The molecule has 0 aliphatic carbocycles. The second-order valence-electron chi connectivity index (χ2n) is 6.07. The maximum Gasteiger partial charge on any atom is 0.122 e. The summed E-state index contributed by atoms with van der Waals surface area (Å²) in [6, 6.07) is 9.29. The highest BCUT2D eigenvalue weighted by molar-refractivity contribution is 5.38. The first-order valence-corrected chi connectivity index (χ1v) is 7.99. The van der Waals surface area contributed by atoms with Crippen molar-refractivity contribution in [3.8, 4) is 5.75 Å². The lowest BCUT2D eigenvalue weighted by Gasteiger charge is -2.39. The number of fused-ring (bicyclic) bond motifs is 1. The fourth-order valence-corrected chi connectivity index (χ4v) is 3.66. The molecule has 2 heterocycles. The molecule has 2 aliphatic rings. The van der Waals surface area contributed by atoms with Crippen molar-refractivity contribution in [2.45, 2.75) is 37.6 Å². The number of rotatable bonds is 4. The molecule has 0 saturated carbocycles. The lowest BCUT2D eigenvalue weighted by atomic mass is 9.91. The van der Waals surface area contributed by atoms with Gasteiger partial charge in [0.1, 0.15) is 5.75 Å². The summed E-state index contributed by atoms with van der Waals surface area (Å²) >= 11 is 0. The number of likely N-dealkylation sites (N-methyl/N-ethyl adjacent to an activating group) is 1. The summed E-state index contributed by atoms with van der Waals surface area (Å²) < 4.78 is 5.79. The maximum atomic E-state index is 5.79. The van der Waals surface area contributed by atoms with E-state index in [1.165, 1.54) is 37.9 Å². The average molecular weight is 274 g/mol. The number of nitrogens with zero attached hydrogens (tertiary/aromatic N) is 1. The number of ether oxygens (including phenoxy) is 1. The number of nitrogens with one attached hydrogen (secondary N) is 1. The smallest absolute Gasteiger partial charge is 0.122 e. The molecule has 0 radical (unpaired) electrons. The van der Waals surface area contributed by atoms with Crippen molar-refractivity contribution in [2.75, 3.05) is 33.3 Å². The number of hydrogen-bond acceptors (Lipinski definition) is 3. The molecular weight excluding hydrogens is 248 g/mol. The minimum absolute atomic E-state index is 0.636. The first-order chi connectivity index (χ1) is 9.88. The Morgan fingerprint density at radius 1 is 1.25 bits per heavy atom. The van der Waals surface area contributed by atoms with E-state index in [9.17, 15) is 0 Å². The Morgan fingerprint density at radius 2 is 2.15 bits per heavy atom. The quantitative estimate of drug-likeness (QED) is 0.913. The minimum atomic E-state index is 0.636. The largest absolute Gasteiger partial charge is 0.493 e. The zero-order valence-electron chi connectivity index (χ0n) is 12.5. The van der Waals surface area contributed by atoms with Crippen LogP contribution in [0.4, 0.5) is 0 Å². The van der Waals surface area contributed by atoms with Crippen LogP contribution in [0.15, 0.2) is 24.3 Å². The highest BCUT2D eigenvalue weighted by atomic mass is 16.5. The summed E-state index contributed by atoms with van der Waals surface area (Å²) in [5.41, 5.74) is 1.41. The van der Waals surface area contributed by atoms with E-state index in [4.69, 9.17) is 4.74 Å². The van der Waals surface area contributed by atoms with E-state index in [0.29, 0.717) is 12.0 Å². The Kier molecular flexibility index (Phi) is 4.58. The topological polar surface area (TPSA) is 24.5 Å². The minimum Gasteiger partial charge on any atom is -0.493 e. The van der Waals surface area contributed by atoms with E-state index in [0.717, 1.165) is 25.3 Å². The molecule has 0 amide bonds. The van der Waals surface area contributed by atoms with E-state index in [2.05, 4.69) is 41.5 Å². The standard InChI is InChI=1S/C17H26N2O/c1-18-12-15-6-4-5-10-19(15)13-14-9-11-20-17-8-3-2-7-16(14)17/h2-3,7-8,14-15,18H,4-6,9-13H2,1H3. The van der Waals surface area contributed by atoms with E-state index in [1.807, 2.05) is 0 Å². The van der Waals surface area contributed by atoms with Crippen molar-refractivity contribution in [1.29, 1.82) is 0 Å². The highest BCUT2D eigenvalue weighted by Gasteiger charge is 2.28. The van der Waals surface area contributed by atoms with Gasteiger partial charge in [0.05, 0.1) is 6.61 Å². The van der Waals surface area contributed by atoms with E-state index < -0.39 is 0 Å². The molecule has 1 saturated heterocycles. The van der Waals surface area contributed by atoms with Crippen molar-refractivity contribution in [3.05, 3.63) is 29.8 Å². The summed E-state index contributed by atoms with van der Waals surface area (Å²) in [4.78, 5) is 2.70. The van der Waals surface area contributed by atoms with Crippen molar-refractivity contribution in [2.24, 2.45) is 0 Å². The second kappa shape index (κ2) is 6.59. The molecule has 1 aromatic rings. The molecule has 2 atom stereocenters. The van der Waals surface area contributed by atoms with E-state index in [-0.39, 0.29) is 0 Å². The van der Waals surface area contributed by atoms with Gasteiger partial charge in [0, 0.05) is 25.0 Å². The lowest BCUT2D eigenvalue weighted by molar-refractivity contribution is 0.127. The van der Waals surface area contributed by atoms with Crippen molar-refractivity contribution < 1.29 is 4.74 Å². The predicted octanol–water partition coefficient (Wildman–Crippen LogP) is 2.63. The Hall–Kier alpha value is -1.06. The van der Waals surface area contributed by atoms with Gasteiger partial charge in [0.15, 0.2) is 0 Å². The van der Waals surface area contributed by atoms with Gasteiger partial charge in [-0.3, -0.25) is 4.90 Å². The molecule has 2 aliphatic heterocycles. The van der Waals surface area contributed by atoms with Gasteiger partial charge in [-0.25, -0.2) is 0 Å². The van der Waals surface area contributed by atoms with Gasteiger partial charge in [-0.15, -0.1) is 0 Å². The molecule has 1 fully saturated rings. The molecule has 1 aromatic carbocycles. The van der Waals surface area contributed by atoms with Crippen molar-refractivity contribution in [3.63, 3.8) is 0 Å². The number of likely N-dealkylation sites (tertiary alicyclic amines) is 1. The van der Waals surface area contributed by atoms with Crippen molar-refractivity contribution in [1.82, 2.24) is 10.2 Å². The van der Waals surface area contributed by atoms with Gasteiger partial charge >= 0.3 is 0 Å². The molecule has 3 nitrogen and oxygen atoms in total. The first kappa shape index (κ1) is 13.9. The number of piperidine rings is 1. The van der Waals surface area contributed by atoms with Gasteiger partial charge in [-0.1, -0.05) is 24.6 Å². The van der Waals surface area contributed by atoms with Crippen molar-refractivity contribution >= 4 is 0 Å². The summed E-state index contributed by atoms with van der Waals surface area (Å²) in [5, 5.41) is 3.36. The normalized spacial score (nSPS) is 26.9. The van der Waals surface area contributed by atoms with Crippen LogP contribution >= 0.6 is 0 Å². The van der Waals surface area contributed by atoms with Gasteiger partial charge in [0.25, 0.3) is 0 Å². The monoisotopic (exact) mass is 274 g/mol. The fourth-order valence-electron chi connectivity index (χ4n) is 3.66. The summed E-state index contributed by atoms with van der Waals surface area (Å²) in [6.07, 6.45) is 5.23. The van der Waals surface area contributed by atoms with Crippen LogP contribution in [0.25, 0.3) is 0 Å². The molecule has 0 spiro atoms. The van der Waals surface area contributed by atoms with E-state index in [1.54, 1.807) is 0 Å². The van der Waals surface area contributed by atoms with Gasteiger partial charge in [-0.2, -0.15) is 0 Å². The third kappa shape index (κ3) is 2.99. The highest BCUT2D eigenvalue weighted by Crippen LogP contribution is 2.34. The molecule has 2 unspecified atom stereocenters. The SMILES string of the molecule is CNCC1CCCCN1CC1CCOc2ccccc21. The molecule has 0 aromatic heterocycles. The van der Waals surface area contributed by atoms with Crippen LogP contribution in [0, 0.1) is 0 Å². The maximum absolute atomic E-state index is 5.79. The van der Waals surface area contributed by atoms with Gasteiger partial charge in [-0.05, 0) is 44.5 Å². The lowest BCUT2D eigenvalue weighted by Crippen LogP contribution is -2.46. The number of para-hydroxylation sites is 1. The fraction of sp³-hybridized carbons (Fsp3) is 0.647. The Morgan fingerprint density at radius 3 is 3.05 bits per heavy atom. The molecule has 3 rings (SSSR count). The Labute approximate surface area is 122 Å². The summed E-state index contributed by atoms with van der Waals surface area (Å²) in [6.45, 7) is 4.43. The number of hydrogen-bond donors (Lipinski definition) is 1.